The number of likely N-dealkylation sites (tertiary alicyclic amines) is 1. The number of morpholine rings is 1. The van der Waals surface area contributed by atoms with Gasteiger partial charge in [-0.15, -0.1) is 0 Å². The van der Waals surface area contributed by atoms with Crippen molar-refractivity contribution in [2.24, 2.45) is 5.73 Å². The molecule has 4 heteroatoms. The topological polar surface area (TPSA) is 41.7 Å². The molecule has 4 nitrogen and oxygen atoms in total. The second kappa shape index (κ2) is 4.26. The summed E-state index contributed by atoms with van der Waals surface area (Å²) in [5.74, 6) is 0. The molecule has 2 saturated heterocycles. The van der Waals surface area contributed by atoms with Gasteiger partial charge in [-0.1, -0.05) is 0 Å². The lowest BCUT2D eigenvalue weighted by molar-refractivity contribution is 0.0173. The van der Waals surface area contributed by atoms with Crippen LogP contribution in [0.2, 0.25) is 0 Å². The fraction of sp³-hybridized carbons (Fsp3) is 1.00. The highest BCUT2D eigenvalue weighted by Gasteiger charge is 2.49. The predicted octanol–water partition coefficient (Wildman–Crippen LogP) is -0.116. The summed E-state index contributed by atoms with van der Waals surface area (Å²) in [7, 11) is 0. The third-order valence-corrected chi connectivity index (χ3v) is 4.60. The van der Waals surface area contributed by atoms with Gasteiger partial charge in [-0.05, 0) is 19.3 Å². The molecule has 1 atom stereocenters. The smallest absolute Gasteiger partial charge is 0.0594 e. The van der Waals surface area contributed by atoms with E-state index >= 15 is 0 Å². The summed E-state index contributed by atoms with van der Waals surface area (Å²) in [5, 5.41) is 0. The molecule has 0 aromatic carbocycles. The van der Waals surface area contributed by atoms with Crippen LogP contribution in [0.3, 0.4) is 0 Å². The van der Waals surface area contributed by atoms with Gasteiger partial charge in [0.05, 0.1) is 13.2 Å². The van der Waals surface area contributed by atoms with Gasteiger partial charge in [-0.3, -0.25) is 9.80 Å². The van der Waals surface area contributed by atoms with Crippen LogP contribution in [0.25, 0.3) is 0 Å². The molecule has 2 heterocycles. The minimum Gasteiger partial charge on any atom is -0.379 e. The SMILES string of the molecule is NCC1(N2CCC(N3CCOCC3)C2)CC1. The molecule has 0 aromatic rings. The van der Waals surface area contributed by atoms with Gasteiger partial charge in [0.2, 0.25) is 0 Å². The molecule has 1 aliphatic carbocycles. The van der Waals surface area contributed by atoms with Crippen molar-refractivity contribution in [3.63, 3.8) is 0 Å². The Morgan fingerprint density at radius 1 is 1.19 bits per heavy atom. The fourth-order valence-electron chi connectivity index (χ4n) is 3.21. The van der Waals surface area contributed by atoms with Crippen molar-refractivity contribution >= 4 is 0 Å². The van der Waals surface area contributed by atoms with Crippen LogP contribution < -0.4 is 5.73 Å². The molecule has 1 unspecified atom stereocenters. The molecule has 3 rings (SSSR count). The van der Waals surface area contributed by atoms with Crippen LogP contribution >= 0.6 is 0 Å². The van der Waals surface area contributed by atoms with Gasteiger partial charge >= 0.3 is 0 Å². The molecule has 3 aliphatic rings. The summed E-state index contributed by atoms with van der Waals surface area (Å²) < 4.78 is 5.41. The standard InChI is InChI=1S/C12H23N3O/c13-10-12(2-3-12)15-4-1-11(9-15)14-5-7-16-8-6-14/h11H,1-10,13H2. The quantitative estimate of drug-likeness (QED) is 0.727. The molecule has 0 amide bonds. The number of hydrogen-bond donors (Lipinski definition) is 1. The number of nitrogens with two attached hydrogens (primary N) is 1. The molecule has 0 spiro atoms. The molecule has 92 valence electrons. The van der Waals surface area contributed by atoms with Gasteiger partial charge in [0.25, 0.3) is 0 Å². The molecule has 0 bridgehead atoms. The third-order valence-electron chi connectivity index (χ3n) is 4.60. The van der Waals surface area contributed by atoms with Crippen molar-refractivity contribution in [2.45, 2.75) is 30.8 Å². The van der Waals surface area contributed by atoms with Crippen molar-refractivity contribution in [3.05, 3.63) is 0 Å². The van der Waals surface area contributed by atoms with Crippen LogP contribution in [0.1, 0.15) is 19.3 Å². The van der Waals surface area contributed by atoms with Crippen molar-refractivity contribution in [1.29, 1.82) is 0 Å². The van der Waals surface area contributed by atoms with E-state index in [1.165, 1.54) is 32.4 Å². The van der Waals surface area contributed by atoms with Gasteiger partial charge in [0, 0.05) is 44.3 Å². The molecule has 1 saturated carbocycles. The lowest BCUT2D eigenvalue weighted by atomic mass is 10.2. The summed E-state index contributed by atoms with van der Waals surface area (Å²) in [6.07, 6.45) is 3.96. The maximum absolute atomic E-state index is 5.90. The van der Waals surface area contributed by atoms with Crippen LogP contribution in [-0.2, 0) is 4.74 Å². The maximum atomic E-state index is 5.90. The Morgan fingerprint density at radius 2 is 1.94 bits per heavy atom. The predicted molar refractivity (Wildman–Crippen MR) is 63.4 cm³/mol. The zero-order valence-corrected chi connectivity index (χ0v) is 10.0. The summed E-state index contributed by atoms with van der Waals surface area (Å²) in [5.41, 5.74) is 6.30. The second-order valence-corrected chi connectivity index (χ2v) is 5.47. The van der Waals surface area contributed by atoms with Crippen LogP contribution in [0.4, 0.5) is 0 Å². The maximum Gasteiger partial charge on any atom is 0.0594 e. The minimum absolute atomic E-state index is 0.404. The Labute approximate surface area is 97.7 Å². The summed E-state index contributed by atoms with van der Waals surface area (Å²) in [6.45, 7) is 7.40. The highest BCUT2D eigenvalue weighted by molar-refractivity contribution is 5.07. The molecular formula is C12H23N3O. The summed E-state index contributed by atoms with van der Waals surface area (Å²) >= 11 is 0. The van der Waals surface area contributed by atoms with Crippen LogP contribution in [0, 0.1) is 0 Å². The highest BCUT2D eigenvalue weighted by Crippen LogP contribution is 2.42. The molecule has 2 aliphatic heterocycles. The minimum atomic E-state index is 0.404. The Hall–Kier alpha value is -0.160. The first-order valence-electron chi connectivity index (χ1n) is 6.61. The van der Waals surface area contributed by atoms with Crippen molar-refractivity contribution in [3.8, 4) is 0 Å². The van der Waals surface area contributed by atoms with Crippen molar-refractivity contribution in [1.82, 2.24) is 9.80 Å². The zero-order chi connectivity index (χ0) is 11.0. The lowest BCUT2D eigenvalue weighted by Gasteiger charge is -2.33. The molecule has 2 N–H and O–H groups in total. The van der Waals surface area contributed by atoms with E-state index in [9.17, 15) is 0 Å². The van der Waals surface area contributed by atoms with E-state index in [4.69, 9.17) is 10.5 Å². The molecule has 0 radical (unpaired) electrons. The van der Waals surface area contributed by atoms with Crippen molar-refractivity contribution in [2.75, 3.05) is 45.9 Å². The first-order valence-corrected chi connectivity index (χ1v) is 6.61. The monoisotopic (exact) mass is 225 g/mol. The van der Waals surface area contributed by atoms with E-state index in [2.05, 4.69) is 9.80 Å². The summed E-state index contributed by atoms with van der Waals surface area (Å²) in [6, 6.07) is 0.757. The van der Waals surface area contributed by atoms with E-state index in [1.807, 2.05) is 0 Å². The van der Waals surface area contributed by atoms with Gasteiger partial charge in [-0.2, -0.15) is 0 Å². The molecule has 0 aromatic heterocycles. The normalized spacial score (nSPS) is 35.4. The second-order valence-electron chi connectivity index (χ2n) is 5.47. The fourth-order valence-corrected chi connectivity index (χ4v) is 3.21. The Kier molecular flexibility index (Phi) is 2.92. The number of hydrogen-bond acceptors (Lipinski definition) is 4. The van der Waals surface area contributed by atoms with Gasteiger partial charge in [0.15, 0.2) is 0 Å². The molecule has 16 heavy (non-hydrogen) atoms. The average Bonchev–Trinajstić information content (AvgIpc) is 3.00. The molecular weight excluding hydrogens is 202 g/mol. The highest BCUT2D eigenvalue weighted by atomic mass is 16.5. The molecule has 3 fully saturated rings. The number of ether oxygens (including phenoxy) is 1. The van der Waals surface area contributed by atoms with E-state index in [0.29, 0.717) is 5.54 Å². The van der Waals surface area contributed by atoms with Gasteiger partial charge < -0.3 is 10.5 Å². The van der Waals surface area contributed by atoms with E-state index in [1.54, 1.807) is 0 Å². The van der Waals surface area contributed by atoms with Crippen LogP contribution in [0.15, 0.2) is 0 Å². The van der Waals surface area contributed by atoms with Crippen LogP contribution in [0.5, 0.6) is 0 Å². The number of nitrogens with zero attached hydrogens (tertiary/aromatic N) is 2. The Balaban J connectivity index is 1.56. The van der Waals surface area contributed by atoms with E-state index in [-0.39, 0.29) is 0 Å². The summed E-state index contributed by atoms with van der Waals surface area (Å²) in [4.78, 5) is 5.25. The van der Waals surface area contributed by atoms with Gasteiger partial charge in [-0.25, -0.2) is 0 Å². The van der Waals surface area contributed by atoms with Crippen LogP contribution in [-0.4, -0.2) is 67.3 Å². The van der Waals surface area contributed by atoms with Crippen molar-refractivity contribution < 1.29 is 4.74 Å². The largest absolute Gasteiger partial charge is 0.379 e. The van der Waals surface area contributed by atoms with Gasteiger partial charge in [0.1, 0.15) is 0 Å². The average molecular weight is 225 g/mol. The first kappa shape index (κ1) is 11.0. The third kappa shape index (κ3) is 1.88. The lowest BCUT2D eigenvalue weighted by Crippen LogP contribution is -2.47. The Bertz CT molecular complexity index is 249. The van der Waals surface area contributed by atoms with E-state index in [0.717, 1.165) is 38.9 Å². The Morgan fingerprint density at radius 3 is 2.56 bits per heavy atom. The number of rotatable bonds is 3. The zero-order valence-electron chi connectivity index (χ0n) is 10.0. The first-order chi connectivity index (χ1) is 7.84. The van der Waals surface area contributed by atoms with E-state index < -0.39 is 0 Å².